The van der Waals surface area contributed by atoms with Gasteiger partial charge in [-0.15, -0.1) is 0 Å². The maximum absolute atomic E-state index is 4.29. The summed E-state index contributed by atoms with van der Waals surface area (Å²) >= 11 is 0. The summed E-state index contributed by atoms with van der Waals surface area (Å²) in [5.41, 5.74) is 2.09. The van der Waals surface area contributed by atoms with Crippen molar-refractivity contribution in [1.29, 1.82) is 0 Å². The summed E-state index contributed by atoms with van der Waals surface area (Å²) in [4.78, 5) is 8.46. The molecule has 0 amide bonds. The van der Waals surface area contributed by atoms with Crippen LogP contribution in [0, 0.1) is 0 Å². The van der Waals surface area contributed by atoms with Gasteiger partial charge in [0.15, 0.2) is 5.65 Å². The van der Waals surface area contributed by atoms with Gasteiger partial charge in [-0.3, -0.25) is 0 Å². The number of pyridine rings is 2. The Hall–Kier alpha value is -1.44. The van der Waals surface area contributed by atoms with Crippen LogP contribution in [0.25, 0.3) is 11.0 Å². The second-order valence-electron chi connectivity index (χ2n) is 3.47. The molecule has 0 saturated heterocycles. The zero-order valence-corrected chi connectivity index (χ0v) is 13.9. The molecule has 0 atom stereocenters. The van der Waals surface area contributed by atoms with Gasteiger partial charge in [0.05, 0.1) is 0 Å². The Morgan fingerprint density at radius 1 is 0.895 bits per heavy atom. The van der Waals surface area contributed by atoms with Crippen molar-refractivity contribution < 1.29 is 0 Å². The van der Waals surface area contributed by atoms with Gasteiger partial charge in [-0.1, -0.05) is 55.4 Å². The lowest BCUT2D eigenvalue weighted by Gasteiger charge is -2.04. The van der Waals surface area contributed by atoms with Crippen molar-refractivity contribution in [2.75, 3.05) is 0 Å². The van der Waals surface area contributed by atoms with E-state index in [-0.39, 0.29) is 0 Å². The predicted molar refractivity (Wildman–Crippen MR) is 87.7 cm³/mol. The topological polar surface area (TPSA) is 25.8 Å². The zero-order valence-electron chi connectivity index (χ0n) is 13.9. The normalized spacial score (nSPS) is 8.47. The van der Waals surface area contributed by atoms with Crippen LogP contribution in [-0.4, -0.2) is 9.97 Å². The molecule has 0 radical (unpaired) electrons. The van der Waals surface area contributed by atoms with Crippen molar-refractivity contribution >= 4 is 11.0 Å². The summed E-state index contributed by atoms with van der Waals surface area (Å²) in [6.45, 7) is 16.3. The first-order valence-electron chi connectivity index (χ1n) is 7.48. The van der Waals surface area contributed by atoms with Crippen LogP contribution in [0.1, 0.15) is 66.9 Å². The predicted octanol–water partition coefficient (Wildman–Crippen LogP) is 5.83. The highest BCUT2D eigenvalue weighted by Crippen LogP contribution is 2.17. The van der Waals surface area contributed by atoms with Crippen molar-refractivity contribution in [3.05, 3.63) is 36.2 Å². The zero-order chi connectivity index (χ0) is 15.3. The molecule has 2 nitrogen and oxygen atoms in total. The Bertz CT molecular complexity index is 422. The van der Waals surface area contributed by atoms with E-state index in [0.29, 0.717) is 5.92 Å². The van der Waals surface area contributed by atoms with E-state index in [1.54, 1.807) is 6.20 Å². The first-order valence-corrected chi connectivity index (χ1v) is 7.48. The molecule has 2 heteroatoms. The third-order valence-corrected chi connectivity index (χ3v) is 2.14. The summed E-state index contributed by atoms with van der Waals surface area (Å²) in [5.74, 6) is 0.525. The van der Waals surface area contributed by atoms with Crippen molar-refractivity contribution in [2.45, 2.75) is 61.3 Å². The van der Waals surface area contributed by atoms with E-state index in [4.69, 9.17) is 0 Å². The fourth-order valence-corrected chi connectivity index (χ4v) is 1.30. The molecule has 0 unspecified atom stereocenters. The summed E-state index contributed by atoms with van der Waals surface area (Å²) in [7, 11) is 0. The number of hydrogen-bond donors (Lipinski definition) is 0. The van der Waals surface area contributed by atoms with E-state index in [1.807, 2.05) is 59.9 Å². The molecule has 0 aliphatic heterocycles. The summed E-state index contributed by atoms with van der Waals surface area (Å²) in [5, 5.41) is 1.12. The lowest BCUT2D eigenvalue weighted by Crippen LogP contribution is -1.90. The molecule has 0 saturated carbocycles. The Morgan fingerprint density at radius 2 is 1.47 bits per heavy atom. The molecule has 0 N–H and O–H groups in total. The van der Waals surface area contributed by atoms with E-state index in [0.717, 1.165) is 11.0 Å². The van der Waals surface area contributed by atoms with Gasteiger partial charge in [0, 0.05) is 17.8 Å². The third-order valence-electron chi connectivity index (χ3n) is 2.14. The van der Waals surface area contributed by atoms with Gasteiger partial charge < -0.3 is 0 Å². The number of aromatic nitrogens is 2. The number of nitrogens with zero attached hydrogens (tertiary/aromatic N) is 2. The van der Waals surface area contributed by atoms with Crippen LogP contribution in [-0.2, 0) is 0 Å². The summed E-state index contributed by atoms with van der Waals surface area (Å²) in [6.07, 6.45) is 3.67. The Labute approximate surface area is 119 Å². The lowest BCUT2D eigenvalue weighted by atomic mass is 10.0. The standard InChI is InChI=1S/C11H12N2.3C2H6/c1-8(2)10-6-9-4-3-5-12-11(9)13-7-10;3*1-2/h3-8H,1-2H3;3*1-2H3. The van der Waals surface area contributed by atoms with Crippen LogP contribution >= 0.6 is 0 Å². The van der Waals surface area contributed by atoms with Crippen molar-refractivity contribution in [3.63, 3.8) is 0 Å². The van der Waals surface area contributed by atoms with E-state index in [9.17, 15) is 0 Å². The molecule has 2 aromatic heterocycles. The minimum absolute atomic E-state index is 0.525. The Morgan fingerprint density at radius 3 is 2.00 bits per heavy atom. The smallest absolute Gasteiger partial charge is 0.159 e. The monoisotopic (exact) mass is 262 g/mol. The fraction of sp³-hybridized carbons (Fsp3) is 0.529. The van der Waals surface area contributed by atoms with Gasteiger partial charge in [-0.2, -0.15) is 0 Å². The average Bonchev–Trinajstić information content (AvgIpc) is 2.52. The van der Waals surface area contributed by atoms with Crippen molar-refractivity contribution in [1.82, 2.24) is 9.97 Å². The maximum atomic E-state index is 4.29. The molecular weight excluding hydrogens is 232 g/mol. The minimum Gasteiger partial charge on any atom is -0.237 e. The van der Waals surface area contributed by atoms with E-state index < -0.39 is 0 Å². The van der Waals surface area contributed by atoms with Crippen LogP contribution in [0.3, 0.4) is 0 Å². The van der Waals surface area contributed by atoms with Gasteiger partial charge in [-0.25, -0.2) is 9.97 Å². The Kier molecular flexibility index (Phi) is 13.6. The van der Waals surface area contributed by atoms with Gasteiger partial charge in [-0.05, 0) is 29.7 Å². The molecule has 19 heavy (non-hydrogen) atoms. The second-order valence-corrected chi connectivity index (χ2v) is 3.47. The van der Waals surface area contributed by atoms with E-state index in [1.165, 1.54) is 5.56 Å². The van der Waals surface area contributed by atoms with Crippen LogP contribution in [0.4, 0.5) is 0 Å². The van der Waals surface area contributed by atoms with Crippen molar-refractivity contribution in [2.24, 2.45) is 0 Å². The average molecular weight is 262 g/mol. The Balaban J connectivity index is 0. The van der Waals surface area contributed by atoms with Gasteiger partial charge in [0.2, 0.25) is 0 Å². The van der Waals surface area contributed by atoms with Gasteiger partial charge >= 0.3 is 0 Å². The highest BCUT2D eigenvalue weighted by Gasteiger charge is 2.01. The minimum atomic E-state index is 0.525. The highest BCUT2D eigenvalue weighted by molar-refractivity contribution is 5.74. The largest absolute Gasteiger partial charge is 0.237 e. The molecule has 2 rings (SSSR count). The molecule has 2 aromatic rings. The molecular formula is C17H30N2. The molecule has 0 aliphatic rings. The summed E-state index contributed by atoms with van der Waals surface area (Å²) in [6, 6.07) is 6.13. The second kappa shape index (κ2) is 13.0. The quantitative estimate of drug-likeness (QED) is 0.646. The number of rotatable bonds is 1. The molecule has 0 aliphatic carbocycles. The molecule has 108 valence electrons. The number of hydrogen-bond acceptors (Lipinski definition) is 2. The lowest BCUT2D eigenvalue weighted by molar-refractivity contribution is 0.861. The molecule has 0 bridgehead atoms. The maximum Gasteiger partial charge on any atom is 0.159 e. The highest BCUT2D eigenvalue weighted by atomic mass is 14.8. The first-order chi connectivity index (χ1) is 9.27. The fourth-order valence-electron chi connectivity index (χ4n) is 1.30. The van der Waals surface area contributed by atoms with Crippen LogP contribution in [0.2, 0.25) is 0 Å². The van der Waals surface area contributed by atoms with Crippen LogP contribution in [0.5, 0.6) is 0 Å². The first kappa shape index (κ1) is 19.9. The molecule has 0 fully saturated rings. The van der Waals surface area contributed by atoms with E-state index >= 15 is 0 Å². The van der Waals surface area contributed by atoms with Gasteiger partial charge in [0.25, 0.3) is 0 Å². The molecule has 0 spiro atoms. The van der Waals surface area contributed by atoms with Crippen LogP contribution < -0.4 is 0 Å². The summed E-state index contributed by atoms with van der Waals surface area (Å²) < 4.78 is 0. The third kappa shape index (κ3) is 6.90. The SMILES string of the molecule is CC.CC.CC.CC(C)c1cnc2ncccc2c1. The van der Waals surface area contributed by atoms with Crippen LogP contribution in [0.15, 0.2) is 30.6 Å². The molecule has 0 aromatic carbocycles. The molecule has 2 heterocycles. The van der Waals surface area contributed by atoms with Gasteiger partial charge in [0.1, 0.15) is 0 Å². The van der Waals surface area contributed by atoms with E-state index in [2.05, 4.69) is 29.9 Å². The van der Waals surface area contributed by atoms with Crippen molar-refractivity contribution in [3.8, 4) is 0 Å². The number of fused-ring (bicyclic) bond motifs is 1.